The van der Waals surface area contributed by atoms with E-state index in [0.29, 0.717) is 24.2 Å². The number of carbonyl (C=O) groups is 1. The van der Waals surface area contributed by atoms with E-state index >= 15 is 0 Å². The largest absolute Gasteiger partial charge is 0.353 e. The average Bonchev–Trinajstić information content (AvgIpc) is 2.43. The second-order valence-corrected chi connectivity index (χ2v) is 6.38. The highest BCUT2D eigenvalue weighted by atomic mass is 16.7. The molecule has 0 aromatic heterocycles. The number of methoxy groups -OCH3 is 1. The van der Waals surface area contributed by atoms with Crippen LogP contribution in [0, 0.1) is 17.8 Å². The van der Waals surface area contributed by atoms with Gasteiger partial charge in [-0.1, -0.05) is 20.3 Å². The molecule has 3 nitrogen and oxygen atoms in total. The molecule has 1 fully saturated rings. The SMILES string of the molecule is CCOC(C)(CCC(CC)C1CCC(=O)C(C)C1)OC. The van der Waals surface area contributed by atoms with E-state index < -0.39 is 5.79 Å². The van der Waals surface area contributed by atoms with Gasteiger partial charge in [-0.2, -0.15) is 0 Å². The van der Waals surface area contributed by atoms with Gasteiger partial charge >= 0.3 is 0 Å². The summed E-state index contributed by atoms with van der Waals surface area (Å²) in [5.41, 5.74) is 0. The molecule has 0 N–H and O–H groups in total. The summed E-state index contributed by atoms with van der Waals surface area (Å²) in [6.45, 7) is 9.05. The molecule has 0 heterocycles. The van der Waals surface area contributed by atoms with Gasteiger partial charge < -0.3 is 9.47 Å². The average molecular weight is 284 g/mol. The van der Waals surface area contributed by atoms with Gasteiger partial charge in [0.05, 0.1) is 0 Å². The van der Waals surface area contributed by atoms with Gasteiger partial charge in [0.1, 0.15) is 5.78 Å². The maximum atomic E-state index is 11.7. The molecule has 0 aromatic rings. The minimum absolute atomic E-state index is 0.253. The van der Waals surface area contributed by atoms with E-state index in [-0.39, 0.29) is 5.92 Å². The lowest BCUT2D eigenvalue weighted by Crippen LogP contribution is -2.33. The number of carbonyl (C=O) groups excluding carboxylic acids is 1. The van der Waals surface area contributed by atoms with Crippen molar-refractivity contribution >= 4 is 5.78 Å². The fraction of sp³-hybridized carbons (Fsp3) is 0.941. The first-order chi connectivity index (χ1) is 9.45. The van der Waals surface area contributed by atoms with Gasteiger partial charge in [-0.3, -0.25) is 4.79 Å². The Balaban J connectivity index is 2.52. The molecule has 20 heavy (non-hydrogen) atoms. The van der Waals surface area contributed by atoms with Gasteiger partial charge in [0, 0.05) is 32.5 Å². The Morgan fingerprint density at radius 2 is 2.10 bits per heavy atom. The molecule has 0 amide bonds. The Labute approximate surface area is 124 Å². The van der Waals surface area contributed by atoms with Gasteiger partial charge in [-0.15, -0.1) is 0 Å². The van der Waals surface area contributed by atoms with Crippen LogP contribution in [0.1, 0.15) is 66.2 Å². The number of hydrogen-bond acceptors (Lipinski definition) is 3. The van der Waals surface area contributed by atoms with E-state index in [4.69, 9.17) is 9.47 Å². The highest BCUT2D eigenvalue weighted by molar-refractivity contribution is 5.81. The molecule has 1 aliphatic carbocycles. The van der Waals surface area contributed by atoms with Crippen LogP contribution in [-0.2, 0) is 14.3 Å². The van der Waals surface area contributed by atoms with E-state index in [1.54, 1.807) is 7.11 Å². The van der Waals surface area contributed by atoms with Gasteiger partial charge in [0.25, 0.3) is 0 Å². The highest BCUT2D eigenvalue weighted by Crippen LogP contribution is 2.37. The van der Waals surface area contributed by atoms with Crippen LogP contribution in [0.25, 0.3) is 0 Å². The monoisotopic (exact) mass is 284 g/mol. The van der Waals surface area contributed by atoms with E-state index in [1.165, 1.54) is 6.42 Å². The predicted octanol–water partition coefficient (Wildman–Crippen LogP) is 4.20. The smallest absolute Gasteiger partial charge is 0.165 e. The van der Waals surface area contributed by atoms with Crippen molar-refractivity contribution in [3.63, 3.8) is 0 Å². The summed E-state index contributed by atoms with van der Waals surface area (Å²) < 4.78 is 11.2. The van der Waals surface area contributed by atoms with Crippen LogP contribution in [0.5, 0.6) is 0 Å². The van der Waals surface area contributed by atoms with Crippen LogP contribution < -0.4 is 0 Å². The fourth-order valence-corrected chi connectivity index (χ4v) is 3.46. The van der Waals surface area contributed by atoms with Crippen LogP contribution in [0.15, 0.2) is 0 Å². The zero-order valence-corrected chi connectivity index (χ0v) is 13.9. The first-order valence-corrected chi connectivity index (χ1v) is 8.17. The minimum Gasteiger partial charge on any atom is -0.353 e. The molecule has 0 aliphatic heterocycles. The third-order valence-corrected chi connectivity index (χ3v) is 5.01. The Hall–Kier alpha value is -0.410. The predicted molar refractivity (Wildman–Crippen MR) is 81.6 cm³/mol. The molecule has 118 valence electrons. The quantitative estimate of drug-likeness (QED) is 0.627. The maximum Gasteiger partial charge on any atom is 0.165 e. The third kappa shape index (κ3) is 4.85. The lowest BCUT2D eigenvalue weighted by Gasteiger charge is -2.35. The lowest BCUT2D eigenvalue weighted by atomic mass is 9.72. The number of Topliss-reactive ketones (excluding diaryl/α,β-unsaturated/α-hetero) is 1. The van der Waals surface area contributed by atoms with E-state index in [2.05, 4.69) is 13.8 Å². The van der Waals surface area contributed by atoms with Gasteiger partial charge in [0.15, 0.2) is 5.79 Å². The molecular weight excluding hydrogens is 252 g/mol. The topological polar surface area (TPSA) is 35.5 Å². The van der Waals surface area contributed by atoms with Crippen molar-refractivity contribution in [1.82, 2.24) is 0 Å². The summed E-state index contributed by atoms with van der Waals surface area (Å²) in [6.07, 6.45) is 6.13. The molecule has 4 unspecified atom stereocenters. The second-order valence-electron chi connectivity index (χ2n) is 6.38. The maximum absolute atomic E-state index is 11.7. The molecule has 0 aromatic carbocycles. The van der Waals surface area contributed by atoms with Crippen molar-refractivity contribution in [1.29, 1.82) is 0 Å². The van der Waals surface area contributed by atoms with Crippen molar-refractivity contribution < 1.29 is 14.3 Å². The summed E-state index contributed by atoms with van der Waals surface area (Å²) >= 11 is 0. The summed E-state index contributed by atoms with van der Waals surface area (Å²) in [7, 11) is 1.72. The standard InChI is InChI=1S/C17H32O3/c1-6-14(10-11-17(4,19-5)20-7-2)15-8-9-16(18)13(3)12-15/h13-15H,6-12H2,1-5H3. The van der Waals surface area contributed by atoms with Gasteiger partial charge in [0.2, 0.25) is 0 Å². The first-order valence-electron chi connectivity index (χ1n) is 8.17. The van der Waals surface area contributed by atoms with Crippen LogP contribution in [0.4, 0.5) is 0 Å². The molecule has 0 saturated heterocycles. The number of ether oxygens (including phenoxy) is 2. The minimum atomic E-state index is -0.460. The van der Waals surface area contributed by atoms with Crippen LogP contribution >= 0.6 is 0 Å². The normalized spacial score (nSPS) is 28.1. The molecular formula is C17H32O3. The van der Waals surface area contributed by atoms with Crippen LogP contribution in [0.3, 0.4) is 0 Å². The molecule has 0 spiro atoms. The molecule has 0 radical (unpaired) electrons. The first kappa shape index (κ1) is 17.6. The van der Waals surface area contributed by atoms with E-state index in [0.717, 1.165) is 32.1 Å². The third-order valence-electron chi connectivity index (χ3n) is 5.01. The summed E-state index contributed by atoms with van der Waals surface area (Å²) in [5.74, 6) is 1.62. The zero-order valence-electron chi connectivity index (χ0n) is 13.9. The van der Waals surface area contributed by atoms with Gasteiger partial charge in [-0.05, 0) is 44.9 Å². The summed E-state index contributed by atoms with van der Waals surface area (Å²) in [6, 6.07) is 0. The Bertz CT molecular complexity index is 303. The summed E-state index contributed by atoms with van der Waals surface area (Å²) in [5, 5.41) is 0. The fourth-order valence-electron chi connectivity index (χ4n) is 3.46. The Kier molecular flexibility index (Phi) is 7.18. The van der Waals surface area contributed by atoms with Crippen molar-refractivity contribution in [2.75, 3.05) is 13.7 Å². The Morgan fingerprint density at radius 1 is 1.40 bits per heavy atom. The second kappa shape index (κ2) is 8.14. The van der Waals surface area contributed by atoms with Crippen molar-refractivity contribution in [3.8, 4) is 0 Å². The summed E-state index contributed by atoms with van der Waals surface area (Å²) in [4.78, 5) is 11.7. The number of ketones is 1. The van der Waals surface area contributed by atoms with E-state index in [1.807, 2.05) is 13.8 Å². The highest BCUT2D eigenvalue weighted by Gasteiger charge is 2.32. The number of hydrogen-bond donors (Lipinski definition) is 0. The lowest BCUT2D eigenvalue weighted by molar-refractivity contribution is -0.213. The van der Waals surface area contributed by atoms with Crippen molar-refractivity contribution in [2.45, 2.75) is 72.0 Å². The van der Waals surface area contributed by atoms with Crippen LogP contribution in [-0.4, -0.2) is 25.3 Å². The number of rotatable bonds is 8. The molecule has 0 bridgehead atoms. The van der Waals surface area contributed by atoms with E-state index in [9.17, 15) is 4.79 Å². The Morgan fingerprint density at radius 3 is 2.60 bits per heavy atom. The van der Waals surface area contributed by atoms with Crippen molar-refractivity contribution in [3.05, 3.63) is 0 Å². The molecule has 1 rings (SSSR count). The van der Waals surface area contributed by atoms with Gasteiger partial charge in [-0.25, -0.2) is 0 Å². The van der Waals surface area contributed by atoms with Crippen molar-refractivity contribution in [2.24, 2.45) is 17.8 Å². The zero-order chi connectivity index (χ0) is 15.2. The molecule has 4 atom stereocenters. The van der Waals surface area contributed by atoms with Crippen LogP contribution in [0.2, 0.25) is 0 Å². The molecule has 1 saturated carbocycles. The molecule has 3 heteroatoms. The molecule has 1 aliphatic rings.